The Kier molecular flexibility index (Phi) is 3.83. The highest BCUT2D eigenvalue weighted by atomic mass is 19.1. The topological polar surface area (TPSA) is 15.7 Å². The molecule has 0 amide bonds. The number of benzene rings is 1. The summed E-state index contributed by atoms with van der Waals surface area (Å²) in [5.74, 6) is 0.0915. The summed E-state index contributed by atoms with van der Waals surface area (Å²) >= 11 is 0. The number of halogens is 1. The van der Waals surface area contributed by atoms with Crippen molar-refractivity contribution >= 4 is 5.69 Å². The molecule has 4 heteroatoms. The first-order valence-corrected chi connectivity index (χ1v) is 7.62. The molecule has 0 spiro atoms. The average molecular weight is 278 g/mol. The standard InChI is InChI=1S/C16H23FN2O/c1-3-20-16-7-6-13(9-15(16)17)19-11-14-5-4-8-18(14)10-12(19)2/h6-7,9,12,14H,3-5,8,10-11H2,1-2H3. The van der Waals surface area contributed by atoms with Crippen molar-refractivity contribution in [2.75, 3.05) is 31.1 Å². The lowest BCUT2D eigenvalue weighted by Crippen LogP contribution is -2.55. The van der Waals surface area contributed by atoms with E-state index in [1.54, 1.807) is 12.1 Å². The van der Waals surface area contributed by atoms with Gasteiger partial charge in [0.2, 0.25) is 0 Å². The van der Waals surface area contributed by atoms with Gasteiger partial charge >= 0.3 is 0 Å². The zero-order valence-corrected chi connectivity index (χ0v) is 12.3. The maximum atomic E-state index is 14.0. The molecule has 0 aromatic heterocycles. The highest BCUT2D eigenvalue weighted by molar-refractivity contribution is 5.51. The third kappa shape index (κ3) is 2.49. The lowest BCUT2D eigenvalue weighted by Gasteiger charge is -2.43. The molecule has 2 saturated heterocycles. The van der Waals surface area contributed by atoms with Crippen LogP contribution in [0.2, 0.25) is 0 Å². The van der Waals surface area contributed by atoms with Crippen molar-refractivity contribution in [3.63, 3.8) is 0 Å². The molecule has 3 rings (SSSR count). The van der Waals surface area contributed by atoms with Crippen molar-refractivity contribution in [1.82, 2.24) is 4.90 Å². The predicted molar refractivity (Wildman–Crippen MR) is 79.0 cm³/mol. The van der Waals surface area contributed by atoms with Crippen LogP contribution in [0.3, 0.4) is 0 Å². The van der Waals surface area contributed by atoms with Gasteiger partial charge in [0.05, 0.1) is 6.61 Å². The highest BCUT2D eigenvalue weighted by Gasteiger charge is 2.34. The van der Waals surface area contributed by atoms with E-state index in [0.717, 1.165) is 18.8 Å². The molecule has 0 radical (unpaired) electrons. The summed E-state index contributed by atoms with van der Waals surface area (Å²) in [5, 5.41) is 0. The lowest BCUT2D eigenvalue weighted by molar-refractivity contribution is 0.203. The van der Waals surface area contributed by atoms with E-state index in [0.29, 0.717) is 24.4 Å². The molecular formula is C16H23FN2O. The van der Waals surface area contributed by atoms with Gasteiger partial charge in [-0.2, -0.15) is 0 Å². The van der Waals surface area contributed by atoms with Crippen LogP contribution in [0.25, 0.3) is 0 Å². The zero-order chi connectivity index (χ0) is 14.1. The Morgan fingerprint density at radius 2 is 2.20 bits per heavy atom. The minimum absolute atomic E-state index is 0.259. The Balaban J connectivity index is 1.79. The van der Waals surface area contributed by atoms with Gasteiger partial charge in [-0.3, -0.25) is 4.90 Å². The summed E-state index contributed by atoms with van der Waals surface area (Å²) in [6.07, 6.45) is 2.56. The lowest BCUT2D eigenvalue weighted by atomic mass is 10.1. The monoisotopic (exact) mass is 278 g/mol. The second-order valence-corrected chi connectivity index (χ2v) is 5.84. The van der Waals surface area contributed by atoms with Crippen molar-refractivity contribution in [2.24, 2.45) is 0 Å². The molecule has 2 aliphatic heterocycles. The van der Waals surface area contributed by atoms with E-state index in [-0.39, 0.29) is 5.82 Å². The van der Waals surface area contributed by atoms with Gasteiger partial charge in [0, 0.05) is 36.9 Å². The third-order valence-electron chi connectivity index (χ3n) is 4.48. The van der Waals surface area contributed by atoms with Crippen molar-refractivity contribution in [1.29, 1.82) is 0 Å². The van der Waals surface area contributed by atoms with Gasteiger partial charge in [-0.05, 0) is 45.4 Å². The van der Waals surface area contributed by atoms with E-state index in [1.165, 1.54) is 19.4 Å². The van der Waals surface area contributed by atoms with Crippen molar-refractivity contribution in [3.8, 4) is 5.75 Å². The molecule has 3 nitrogen and oxygen atoms in total. The van der Waals surface area contributed by atoms with Gasteiger partial charge in [-0.25, -0.2) is 4.39 Å². The molecule has 2 fully saturated rings. The highest BCUT2D eigenvalue weighted by Crippen LogP contribution is 2.30. The molecule has 0 saturated carbocycles. The van der Waals surface area contributed by atoms with Crippen molar-refractivity contribution in [3.05, 3.63) is 24.0 Å². The SMILES string of the molecule is CCOc1ccc(N2CC3CCCN3CC2C)cc1F. The summed E-state index contributed by atoms with van der Waals surface area (Å²) in [6.45, 7) is 7.90. The molecule has 2 heterocycles. The number of nitrogens with zero attached hydrogens (tertiary/aromatic N) is 2. The van der Waals surface area contributed by atoms with Gasteiger partial charge < -0.3 is 9.64 Å². The third-order valence-corrected chi connectivity index (χ3v) is 4.48. The quantitative estimate of drug-likeness (QED) is 0.845. The summed E-state index contributed by atoms with van der Waals surface area (Å²) in [4.78, 5) is 4.91. The number of piperazine rings is 1. The zero-order valence-electron chi connectivity index (χ0n) is 12.3. The summed E-state index contributed by atoms with van der Waals surface area (Å²) in [5.41, 5.74) is 0.977. The smallest absolute Gasteiger partial charge is 0.167 e. The largest absolute Gasteiger partial charge is 0.491 e. The second kappa shape index (κ2) is 5.60. The fraction of sp³-hybridized carbons (Fsp3) is 0.625. The summed E-state index contributed by atoms with van der Waals surface area (Å²) < 4.78 is 19.3. The van der Waals surface area contributed by atoms with Gasteiger partial charge in [0.1, 0.15) is 0 Å². The molecule has 0 bridgehead atoms. The van der Waals surface area contributed by atoms with Crippen LogP contribution < -0.4 is 9.64 Å². The average Bonchev–Trinajstić information content (AvgIpc) is 2.87. The number of rotatable bonds is 3. The van der Waals surface area contributed by atoms with Crippen LogP contribution in [0.4, 0.5) is 10.1 Å². The van der Waals surface area contributed by atoms with E-state index < -0.39 is 0 Å². The van der Waals surface area contributed by atoms with E-state index in [1.807, 2.05) is 13.0 Å². The Labute approximate surface area is 120 Å². The summed E-state index contributed by atoms with van der Waals surface area (Å²) in [7, 11) is 0. The van der Waals surface area contributed by atoms with Crippen LogP contribution in [-0.2, 0) is 0 Å². The number of hydrogen-bond acceptors (Lipinski definition) is 3. The van der Waals surface area contributed by atoms with E-state index in [4.69, 9.17) is 4.74 Å². The Morgan fingerprint density at radius 3 is 2.95 bits per heavy atom. The van der Waals surface area contributed by atoms with Crippen LogP contribution in [-0.4, -0.2) is 43.2 Å². The van der Waals surface area contributed by atoms with Crippen molar-refractivity contribution in [2.45, 2.75) is 38.8 Å². The first-order valence-electron chi connectivity index (χ1n) is 7.62. The first kappa shape index (κ1) is 13.7. The van der Waals surface area contributed by atoms with Gasteiger partial charge in [-0.15, -0.1) is 0 Å². The normalized spacial score (nSPS) is 26.6. The Hall–Kier alpha value is -1.29. The molecule has 2 unspecified atom stereocenters. The van der Waals surface area contributed by atoms with Gasteiger partial charge in [0.15, 0.2) is 11.6 Å². The van der Waals surface area contributed by atoms with Gasteiger partial charge in [-0.1, -0.05) is 0 Å². The second-order valence-electron chi connectivity index (χ2n) is 5.84. The fourth-order valence-electron chi connectivity index (χ4n) is 3.49. The first-order chi connectivity index (χ1) is 9.69. The maximum absolute atomic E-state index is 14.0. The van der Waals surface area contributed by atoms with E-state index in [9.17, 15) is 4.39 Å². The van der Waals surface area contributed by atoms with Gasteiger partial charge in [0.25, 0.3) is 0 Å². The van der Waals surface area contributed by atoms with E-state index in [2.05, 4.69) is 16.7 Å². The molecule has 1 aromatic rings. The number of fused-ring (bicyclic) bond motifs is 1. The molecule has 20 heavy (non-hydrogen) atoms. The van der Waals surface area contributed by atoms with Crippen LogP contribution in [0.15, 0.2) is 18.2 Å². The molecule has 2 atom stereocenters. The van der Waals surface area contributed by atoms with Crippen LogP contribution in [0.1, 0.15) is 26.7 Å². The maximum Gasteiger partial charge on any atom is 0.167 e. The molecule has 2 aliphatic rings. The molecule has 0 aliphatic carbocycles. The van der Waals surface area contributed by atoms with Crippen LogP contribution in [0, 0.1) is 5.82 Å². The molecular weight excluding hydrogens is 255 g/mol. The van der Waals surface area contributed by atoms with E-state index >= 15 is 0 Å². The number of hydrogen-bond donors (Lipinski definition) is 0. The molecule has 1 aromatic carbocycles. The fourth-order valence-corrected chi connectivity index (χ4v) is 3.49. The number of anilines is 1. The molecule has 0 N–H and O–H groups in total. The predicted octanol–water partition coefficient (Wildman–Crippen LogP) is 2.90. The Morgan fingerprint density at radius 1 is 1.35 bits per heavy atom. The summed E-state index contributed by atoms with van der Waals surface area (Å²) in [6, 6.07) is 6.42. The Bertz CT molecular complexity index is 480. The van der Waals surface area contributed by atoms with Crippen LogP contribution >= 0.6 is 0 Å². The van der Waals surface area contributed by atoms with Crippen molar-refractivity contribution < 1.29 is 9.13 Å². The van der Waals surface area contributed by atoms with Crippen LogP contribution in [0.5, 0.6) is 5.75 Å². The minimum Gasteiger partial charge on any atom is -0.491 e. The molecule has 110 valence electrons. The minimum atomic E-state index is -0.259. The number of ether oxygens (including phenoxy) is 1.